The van der Waals surface area contributed by atoms with Gasteiger partial charge in [-0.25, -0.2) is 4.39 Å². The molecule has 1 N–H and O–H groups in total. The van der Waals surface area contributed by atoms with E-state index in [1.54, 1.807) is 12.1 Å². The molecule has 2 nitrogen and oxygen atoms in total. The van der Waals surface area contributed by atoms with Gasteiger partial charge in [-0.15, -0.1) is 0 Å². The highest BCUT2D eigenvalue weighted by Gasteiger charge is 2.40. The van der Waals surface area contributed by atoms with Crippen LogP contribution in [0.25, 0.3) is 0 Å². The van der Waals surface area contributed by atoms with Crippen LogP contribution in [0.4, 0.5) is 4.39 Å². The molecule has 1 unspecified atom stereocenters. The number of carbonyl (C=O) groups is 1. The first-order valence-electron chi connectivity index (χ1n) is 6.18. The summed E-state index contributed by atoms with van der Waals surface area (Å²) in [6.07, 6.45) is 2.07. The predicted octanol–water partition coefficient (Wildman–Crippen LogP) is 3.44. The highest BCUT2D eigenvalue weighted by molar-refractivity contribution is 9.10. The molecular weight excluding hydrogens is 297 g/mol. The molecule has 1 amide bonds. The van der Waals surface area contributed by atoms with Gasteiger partial charge in [0.05, 0.1) is 4.47 Å². The Hall–Kier alpha value is -0.900. The van der Waals surface area contributed by atoms with E-state index in [9.17, 15) is 9.18 Å². The quantitative estimate of drug-likeness (QED) is 0.910. The van der Waals surface area contributed by atoms with E-state index in [0.717, 1.165) is 12.0 Å². The van der Waals surface area contributed by atoms with E-state index in [0.29, 0.717) is 23.2 Å². The summed E-state index contributed by atoms with van der Waals surface area (Å²) in [4.78, 5) is 11.5. The van der Waals surface area contributed by atoms with Crippen LogP contribution in [0.1, 0.15) is 32.3 Å². The third-order valence-corrected chi connectivity index (χ3v) is 4.44. The van der Waals surface area contributed by atoms with Crippen molar-refractivity contribution in [2.24, 2.45) is 5.92 Å². The Morgan fingerprint density at radius 3 is 2.72 bits per heavy atom. The van der Waals surface area contributed by atoms with E-state index in [4.69, 9.17) is 0 Å². The first-order chi connectivity index (χ1) is 8.43. The number of hydrogen-bond acceptors (Lipinski definition) is 1. The van der Waals surface area contributed by atoms with Crippen molar-refractivity contribution in [3.63, 3.8) is 0 Å². The molecule has 0 radical (unpaired) electrons. The van der Waals surface area contributed by atoms with Gasteiger partial charge < -0.3 is 5.32 Å². The number of carbonyl (C=O) groups excluding carboxylic acids is 1. The van der Waals surface area contributed by atoms with E-state index in [1.165, 1.54) is 0 Å². The molecule has 2 rings (SSSR count). The fourth-order valence-electron chi connectivity index (χ4n) is 2.52. The molecule has 1 aliphatic heterocycles. The molecule has 1 aliphatic rings. The zero-order valence-corrected chi connectivity index (χ0v) is 12.2. The molecule has 0 spiro atoms. The lowest BCUT2D eigenvalue weighted by Gasteiger charge is -2.33. The maximum atomic E-state index is 13.5. The molecule has 0 bridgehead atoms. The monoisotopic (exact) mass is 313 g/mol. The van der Waals surface area contributed by atoms with E-state index in [-0.39, 0.29) is 17.3 Å². The molecule has 0 aromatic heterocycles. The van der Waals surface area contributed by atoms with E-state index < -0.39 is 0 Å². The Morgan fingerprint density at radius 1 is 1.50 bits per heavy atom. The summed E-state index contributed by atoms with van der Waals surface area (Å²) in [6, 6.07) is 5.16. The molecule has 1 aromatic rings. The van der Waals surface area contributed by atoms with Crippen molar-refractivity contribution in [2.45, 2.75) is 38.6 Å². The van der Waals surface area contributed by atoms with Gasteiger partial charge in [0.25, 0.3) is 0 Å². The fraction of sp³-hybridized carbons (Fsp3) is 0.500. The van der Waals surface area contributed by atoms with Gasteiger partial charge in [-0.1, -0.05) is 19.9 Å². The van der Waals surface area contributed by atoms with Crippen LogP contribution in [0.3, 0.4) is 0 Å². The van der Waals surface area contributed by atoms with Crippen LogP contribution < -0.4 is 5.32 Å². The number of benzene rings is 1. The van der Waals surface area contributed by atoms with Crippen LogP contribution in [0, 0.1) is 11.7 Å². The van der Waals surface area contributed by atoms with Crippen molar-refractivity contribution in [3.8, 4) is 0 Å². The van der Waals surface area contributed by atoms with Crippen molar-refractivity contribution >= 4 is 21.8 Å². The van der Waals surface area contributed by atoms with Crippen LogP contribution in [0.15, 0.2) is 22.7 Å². The Bertz CT molecular complexity index is 475. The van der Waals surface area contributed by atoms with Crippen molar-refractivity contribution in [3.05, 3.63) is 34.1 Å². The van der Waals surface area contributed by atoms with Crippen LogP contribution in [-0.2, 0) is 11.2 Å². The van der Waals surface area contributed by atoms with Gasteiger partial charge in [0.15, 0.2) is 0 Å². The van der Waals surface area contributed by atoms with Crippen LogP contribution in [0.2, 0.25) is 0 Å². The maximum Gasteiger partial charge on any atom is 0.220 e. The fourth-order valence-corrected chi connectivity index (χ4v) is 2.77. The van der Waals surface area contributed by atoms with Gasteiger partial charge in [0, 0.05) is 12.0 Å². The zero-order valence-electron chi connectivity index (χ0n) is 10.6. The van der Waals surface area contributed by atoms with Crippen LogP contribution in [-0.4, -0.2) is 11.4 Å². The topological polar surface area (TPSA) is 29.1 Å². The second kappa shape index (κ2) is 5.00. The van der Waals surface area contributed by atoms with Crippen LogP contribution >= 0.6 is 15.9 Å². The second-order valence-electron chi connectivity index (χ2n) is 5.28. The Morgan fingerprint density at radius 2 is 2.22 bits per heavy atom. The maximum absolute atomic E-state index is 13.5. The molecule has 1 atom stereocenters. The second-order valence-corrected chi connectivity index (χ2v) is 6.14. The summed E-state index contributed by atoms with van der Waals surface area (Å²) >= 11 is 3.15. The minimum absolute atomic E-state index is 0.0984. The molecular formula is C14H17BrFNO. The van der Waals surface area contributed by atoms with Crippen molar-refractivity contribution < 1.29 is 9.18 Å². The van der Waals surface area contributed by atoms with E-state index in [2.05, 4.69) is 35.1 Å². The average Bonchev–Trinajstić information content (AvgIpc) is 2.67. The average molecular weight is 314 g/mol. The smallest absolute Gasteiger partial charge is 0.220 e. The summed E-state index contributed by atoms with van der Waals surface area (Å²) in [5.74, 6) is 0.174. The number of hydrogen-bond donors (Lipinski definition) is 1. The van der Waals surface area contributed by atoms with Gasteiger partial charge in [-0.3, -0.25) is 4.79 Å². The normalized spacial score (nSPS) is 23.5. The van der Waals surface area contributed by atoms with Gasteiger partial charge in [-0.05, 0) is 52.4 Å². The van der Waals surface area contributed by atoms with Crippen molar-refractivity contribution in [1.82, 2.24) is 5.32 Å². The SMILES string of the molecule is CC(C)C1(Cc2ccc(Br)c(F)c2)CCC(=O)N1. The summed E-state index contributed by atoms with van der Waals surface area (Å²) in [7, 11) is 0. The minimum Gasteiger partial charge on any atom is -0.350 e. The molecule has 0 saturated carbocycles. The van der Waals surface area contributed by atoms with Crippen LogP contribution in [0.5, 0.6) is 0 Å². The molecule has 4 heteroatoms. The third kappa shape index (κ3) is 2.58. The largest absolute Gasteiger partial charge is 0.350 e. The molecule has 1 aromatic carbocycles. The number of amides is 1. The highest BCUT2D eigenvalue weighted by atomic mass is 79.9. The zero-order chi connectivity index (χ0) is 13.3. The minimum atomic E-state index is -0.254. The Kier molecular flexibility index (Phi) is 3.76. The van der Waals surface area contributed by atoms with Gasteiger partial charge in [-0.2, -0.15) is 0 Å². The van der Waals surface area contributed by atoms with Gasteiger partial charge in [0.2, 0.25) is 5.91 Å². The molecule has 98 valence electrons. The Balaban J connectivity index is 2.24. The lowest BCUT2D eigenvalue weighted by Crippen LogP contribution is -2.48. The lowest BCUT2D eigenvalue weighted by molar-refractivity contribution is -0.120. The summed E-state index contributed by atoms with van der Waals surface area (Å²) in [5.41, 5.74) is 0.698. The Labute approximate surface area is 115 Å². The third-order valence-electron chi connectivity index (χ3n) is 3.80. The molecule has 1 saturated heterocycles. The standard InChI is InChI=1S/C14H17BrFNO/c1-9(2)14(6-5-13(18)17-14)8-10-3-4-11(15)12(16)7-10/h3-4,7,9H,5-6,8H2,1-2H3,(H,17,18). The molecule has 0 aliphatic carbocycles. The predicted molar refractivity (Wildman–Crippen MR) is 72.7 cm³/mol. The number of nitrogens with one attached hydrogen (secondary N) is 1. The first kappa shape index (κ1) is 13.5. The first-order valence-corrected chi connectivity index (χ1v) is 6.97. The van der Waals surface area contributed by atoms with Crippen molar-refractivity contribution in [2.75, 3.05) is 0 Å². The summed E-state index contributed by atoms with van der Waals surface area (Å²) in [5, 5.41) is 3.08. The lowest BCUT2D eigenvalue weighted by atomic mass is 9.80. The van der Waals surface area contributed by atoms with Crippen molar-refractivity contribution in [1.29, 1.82) is 0 Å². The molecule has 18 heavy (non-hydrogen) atoms. The van der Waals surface area contributed by atoms with Gasteiger partial charge in [0.1, 0.15) is 5.82 Å². The van der Waals surface area contributed by atoms with E-state index >= 15 is 0 Å². The van der Waals surface area contributed by atoms with E-state index in [1.807, 2.05) is 6.07 Å². The number of halogens is 2. The number of rotatable bonds is 3. The highest BCUT2D eigenvalue weighted by Crippen LogP contribution is 2.32. The summed E-state index contributed by atoms with van der Waals surface area (Å²) < 4.78 is 14.0. The van der Waals surface area contributed by atoms with Gasteiger partial charge >= 0.3 is 0 Å². The molecule has 1 heterocycles. The summed E-state index contributed by atoms with van der Waals surface area (Å²) in [6.45, 7) is 4.20. The molecule has 1 fully saturated rings.